The minimum Gasteiger partial charge on any atom is -0.385 e. The van der Waals surface area contributed by atoms with Crippen LogP contribution in [0.1, 0.15) is 27.2 Å². The number of nitrogens with one attached hydrogen (secondary N) is 1. The van der Waals surface area contributed by atoms with Gasteiger partial charge in [0, 0.05) is 22.3 Å². The van der Waals surface area contributed by atoms with Crippen LogP contribution < -0.4 is 5.32 Å². The van der Waals surface area contributed by atoms with E-state index in [1.165, 1.54) is 0 Å². The van der Waals surface area contributed by atoms with E-state index in [-0.39, 0.29) is 0 Å². The van der Waals surface area contributed by atoms with Crippen molar-refractivity contribution in [1.29, 1.82) is 0 Å². The normalized spacial score (nSPS) is 11.5. The molecule has 0 aliphatic heterocycles. The Hall–Kier alpha value is -0.400. The number of hydrogen-bond acceptors (Lipinski definition) is 1. The zero-order valence-corrected chi connectivity index (χ0v) is 10.9. The van der Waals surface area contributed by atoms with Crippen LogP contribution in [0.25, 0.3) is 0 Å². The van der Waals surface area contributed by atoms with Crippen LogP contribution in [0.3, 0.4) is 0 Å². The molecule has 0 radical (unpaired) electrons. The molecule has 0 bridgehead atoms. The van der Waals surface area contributed by atoms with E-state index < -0.39 is 0 Å². The van der Waals surface area contributed by atoms with Gasteiger partial charge < -0.3 is 5.32 Å². The Bertz CT molecular complexity index is 309. The van der Waals surface area contributed by atoms with Crippen molar-refractivity contribution in [2.45, 2.75) is 27.2 Å². The molecule has 1 N–H and O–H groups in total. The van der Waals surface area contributed by atoms with Gasteiger partial charge in [-0.15, -0.1) is 0 Å². The van der Waals surface area contributed by atoms with Crippen LogP contribution in [0.15, 0.2) is 18.2 Å². The summed E-state index contributed by atoms with van der Waals surface area (Å²) in [6, 6.07) is 5.50. The number of hydrogen-bond donors (Lipinski definition) is 1. The molecule has 1 nitrogen and oxygen atoms in total. The maximum Gasteiger partial charge on any atom is 0.0441 e. The van der Waals surface area contributed by atoms with Gasteiger partial charge in [0.05, 0.1) is 0 Å². The molecular formula is C12H17Cl2N. The Labute approximate surface area is 102 Å². The van der Waals surface area contributed by atoms with Gasteiger partial charge in [-0.05, 0) is 30.0 Å². The molecule has 0 atom stereocenters. The van der Waals surface area contributed by atoms with Crippen molar-refractivity contribution in [3.63, 3.8) is 0 Å². The van der Waals surface area contributed by atoms with Crippen molar-refractivity contribution in [1.82, 2.24) is 0 Å². The fraction of sp³-hybridized carbons (Fsp3) is 0.500. The lowest BCUT2D eigenvalue weighted by Crippen LogP contribution is -2.12. The molecule has 0 unspecified atom stereocenters. The van der Waals surface area contributed by atoms with Crippen molar-refractivity contribution in [3.8, 4) is 0 Å². The second-order valence-corrected chi connectivity index (χ2v) is 5.77. The van der Waals surface area contributed by atoms with E-state index in [0.29, 0.717) is 15.5 Å². The van der Waals surface area contributed by atoms with Crippen molar-refractivity contribution in [3.05, 3.63) is 28.2 Å². The SMILES string of the molecule is CC(C)(C)CCNc1cc(Cl)cc(Cl)c1. The Morgan fingerprint density at radius 3 is 2.07 bits per heavy atom. The van der Waals surface area contributed by atoms with Crippen LogP contribution in [-0.2, 0) is 0 Å². The van der Waals surface area contributed by atoms with E-state index >= 15 is 0 Å². The summed E-state index contributed by atoms with van der Waals surface area (Å²) in [5, 5.41) is 4.65. The van der Waals surface area contributed by atoms with Gasteiger partial charge in [-0.25, -0.2) is 0 Å². The predicted molar refractivity (Wildman–Crippen MR) is 69.0 cm³/mol. The van der Waals surface area contributed by atoms with Gasteiger partial charge in [-0.1, -0.05) is 44.0 Å². The van der Waals surface area contributed by atoms with E-state index in [4.69, 9.17) is 23.2 Å². The first-order chi connectivity index (χ1) is 6.87. The Kier molecular flexibility index (Phi) is 4.30. The molecular weight excluding hydrogens is 229 g/mol. The Morgan fingerprint density at radius 1 is 1.07 bits per heavy atom. The van der Waals surface area contributed by atoms with Crippen LogP contribution in [0, 0.1) is 5.41 Å². The van der Waals surface area contributed by atoms with E-state index in [9.17, 15) is 0 Å². The quantitative estimate of drug-likeness (QED) is 0.804. The van der Waals surface area contributed by atoms with E-state index in [2.05, 4.69) is 26.1 Å². The number of anilines is 1. The first-order valence-corrected chi connectivity index (χ1v) is 5.82. The first-order valence-electron chi connectivity index (χ1n) is 5.07. The molecule has 0 spiro atoms. The molecule has 0 amide bonds. The van der Waals surface area contributed by atoms with Crippen molar-refractivity contribution < 1.29 is 0 Å². The highest BCUT2D eigenvalue weighted by atomic mass is 35.5. The molecule has 0 heterocycles. The largest absolute Gasteiger partial charge is 0.385 e. The fourth-order valence-corrected chi connectivity index (χ4v) is 1.76. The summed E-state index contributed by atoms with van der Waals surface area (Å²) in [6.07, 6.45) is 1.11. The minimum atomic E-state index is 0.343. The number of halogens is 2. The third-order valence-electron chi connectivity index (χ3n) is 2.07. The highest BCUT2D eigenvalue weighted by Crippen LogP contribution is 2.23. The average Bonchev–Trinajstić information content (AvgIpc) is 1.99. The third-order valence-corrected chi connectivity index (χ3v) is 2.50. The summed E-state index contributed by atoms with van der Waals surface area (Å²) in [4.78, 5) is 0. The molecule has 0 saturated heterocycles. The molecule has 0 aromatic heterocycles. The average molecular weight is 246 g/mol. The molecule has 84 valence electrons. The van der Waals surface area contributed by atoms with Gasteiger partial charge in [0.1, 0.15) is 0 Å². The lowest BCUT2D eigenvalue weighted by atomic mass is 9.92. The first kappa shape index (κ1) is 12.7. The molecule has 1 aromatic rings. The number of benzene rings is 1. The van der Waals surface area contributed by atoms with Gasteiger partial charge in [0.15, 0.2) is 0 Å². The molecule has 0 aliphatic rings. The molecule has 0 saturated carbocycles. The molecule has 1 aromatic carbocycles. The van der Waals surface area contributed by atoms with Gasteiger partial charge >= 0.3 is 0 Å². The maximum absolute atomic E-state index is 5.89. The van der Waals surface area contributed by atoms with Crippen LogP contribution in [0.5, 0.6) is 0 Å². The highest BCUT2D eigenvalue weighted by molar-refractivity contribution is 6.35. The molecule has 1 rings (SSSR count). The fourth-order valence-electron chi connectivity index (χ4n) is 1.24. The second-order valence-electron chi connectivity index (χ2n) is 4.90. The summed E-state index contributed by atoms with van der Waals surface area (Å²) in [7, 11) is 0. The minimum absolute atomic E-state index is 0.343. The topological polar surface area (TPSA) is 12.0 Å². The van der Waals surface area contributed by atoms with Crippen LogP contribution in [-0.4, -0.2) is 6.54 Å². The van der Waals surface area contributed by atoms with Gasteiger partial charge in [0.2, 0.25) is 0 Å². The van der Waals surface area contributed by atoms with E-state index in [1.54, 1.807) is 6.07 Å². The van der Waals surface area contributed by atoms with E-state index in [1.807, 2.05) is 12.1 Å². The van der Waals surface area contributed by atoms with Crippen molar-refractivity contribution >= 4 is 28.9 Å². The smallest absolute Gasteiger partial charge is 0.0441 e. The zero-order chi connectivity index (χ0) is 11.5. The Balaban J connectivity index is 2.51. The number of rotatable bonds is 3. The summed E-state index contributed by atoms with van der Waals surface area (Å²) in [6.45, 7) is 7.60. The standard InChI is InChI=1S/C12H17Cl2N/c1-12(2,3)4-5-15-11-7-9(13)6-10(14)8-11/h6-8,15H,4-5H2,1-3H3. The van der Waals surface area contributed by atoms with Gasteiger partial charge in [-0.2, -0.15) is 0 Å². The van der Waals surface area contributed by atoms with E-state index in [0.717, 1.165) is 18.7 Å². The van der Waals surface area contributed by atoms with Crippen LogP contribution >= 0.6 is 23.2 Å². The summed E-state index contributed by atoms with van der Waals surface area (Å²) in [5.41, 5.74) is 1.33. The lowest BCUT2D eigenvalue weighted by molar-refractivity contribution is 0.390. The van der Waals surface area contributed by atoms with Crippen molar-refractivity contribution in [2.75, 3.05) is 11.9 Å². The van der Waals surface area contributed by atoms with Crippen LogP contribution in [0.4, 0.5) is 5.69 Å². The van der Waals surface area contributed by atoms with Gasteiger partial charge in [-0.3, -0.25) is 0 Å². The maximum atomic E-state index is 5.89. The Morgan fingerprint density at radius 2 is 1.60 bits per heavy atom. The third kappa shape index (κ3) is 5.29. The molecule has 15 heavy (non-hydrogen) atoms. The summed E-state index contributed by atoms with van der Waals surface area (Å²) < 4.78 is 0. The summed E-state index contributed by atoms with van der Waals surface area (Å²) >= 11 is 11.8. The zero-order valence-electron chi connectivity index (χ0n) is 9.40. The summed E-state index contributed by atoms with van der Waals surface area (Å²) in [5.74, 6) is 0. The lowest BCUT2D eigenvalue weighted by Gasteiger charge is -2.18. The second kappa shape index (κ2) is 5.09. The predicted octanol–water partition coefficient (Wildman–Crippen LogP) is 4.84. The van der Waals surface area contributed by atoms with Crippen molar-refractivity contribution in [2.24, 2.45) is 5.41 Å². The monoisotopic (exact) mass is 245 g/mol. The highest BCUT2D eigenvalue weighted by Gasteiger charge is 2.09. The van der Waals surface area contributed by atoms with Gasteiger partial charge in [0.25, 0.3) is 0 Å². The molecule has 0 aliphatic carbocycles. The molecule has 0 fully saturated rings. The molecule has 3 heteroatoms. The van der Waals surface area contributed by atoms with Crippen LogP contribution in [0.2, 0.25) is 10.0 Å².